The molecule has 0 saturated carbocycles. The molecule has 1 aromatic heterocycles. The Morgan fingerprint density at radius 3 is 1.62 bits per heavy atom. The van der Waals surface area contributed by atoms with Gasteiger partial charge in [-0.2, -0.15) is 19.7 Å². The number of nitrogens with zero attached hydrogens (tertiary/aromatic N) is 3. The van der Waals surface area contributed by atoms with E-state index in [9.17, 15) is 10.1 Å². The molecule has 0 unspecified atom stereocenters. The predicted octanol–water partition coefficient (Wildman–Crippen LogP) is 2.60. The molecule has 0 bridgehead atoms. The molecule has 0 aliphatic heterocycles. The van der Waals surface area contributed by atoms with Crippen LogP contribution in [-0.4, -0.2) is 26.1 Å². The smallest absolute Gasteiger partial charge is 0.308 e. The fourth-order valence-electron chi connectivity index (χ4n) is 0.955. The van der Waals surface area contributed by atoms with Gasteiger partial charge in [0.15, 0.2) is 0 Å². The number of nitro groups is 1. The van der Waals surface area contributed by atoms with E-state index in [1.165, 1.54) is 0 Å². The number of hydrogen-bond donors (Lipinski definition) is 0. The molecule has 21 heavy (non-hydrogen) atoms. The minimum atomic E-state index is -0.733. The summed E-state index contributed by atoms with van der Waals surface area (Å²) in [6.07, 6.45) is 1.05. The third kappa shape index (κ3) is 5.88. The van der Waals surface area contributed by atoms with Gasteiger partial charge in [0.25, 0.3) is 0 Å². The van der Waals surface area contributed by atoms with E-state index < -0.39 is 21.8 Å². The molecule has 0 saturated heterocycles. The highest BCUT2D eigenvalue weighted by atomic mass is 17.2. The van der Waals surface area contributed by atoms with Crippen LogP contribution >= 0.6 is 0 Å². The zero-order chi connectivity index (χ0) is 16.3. The predicted molar refractivity (Wildman–Crippen MR) is 71.6 cm³/mol. The molecule has 0 aliphatic carbocycles. The monoisotopic (exact) mass is 301 g/mol. The Hall–Kier alpha value is -2.00. The second-order valence-electron chi connectivity index (χ2n) is 6.15. The van der Waals surface area contributed by atoms with Crippen LogP contribution in [0, 0.1) is 10.1 Å². The first-order valence-corrected chi connectivity index (χ1v) is 6.20. The lowest BCUT2D eigenvalue weighted by molar-refractivity contribution is -0.396. The summed E-state index contributed by atoms with van der Waals surface area (Å²) in [5, 5.41) is 11.1. The van der Waals surface area contributed by atoms with Crippen molar-refractivity contribution in [3.63, 3.8) is 0 Å². The molecule has 0 aliphatic rings. The highest BCUT2D eigenvalue weighted by Crippen LogP contribution is 2.34. The van der Waals surface area contributed by atoms with Gasteiger partial charge in [-0.05, 0) is 41.5 Å². The van der Waals surface area contributed by atoms with Crippen LogP contribution in [0.2, 0.25) is 0 Å². The second-order valence-corrected chi connectivity index (χ2v) is 6.15. The molecule has 118 valence electrons. The first-order chi connectivity index (χ1) is 9.49. The van der Waals surface area contributed by atoms with Crippen LogP contribution in [0.4, 0.5) is 5.69 Å². The Morgan fingerprint density at radius 2 is 1.33 bits per heavy atom. The fourth-order valence-corrected chi connectivity index (χ4v) is 0.955. The van der Waals surface area contributed by atoms with Gasteiger partial charge in [-0.15, -0.1) is 0 Å². The molecule has 0 radical (unpaired) electrons. The molecule has 9 heteroatoms. The topological polar surface area (TPSA) is 106 Å². The summed E-state index contributed by atoms with van der Waals surface area (Å²) < 4.78 is 0. The molecule has 0 spiro atoms. The van der Waals surface area contributed by atoms with Gasteiger partial charge in [-0.3, -0.25) is 10.1 Å². The largest absolute Gasteiger partial charge is 0.399 e. The average molecular weight is 301 g/mol. The SMILES string of the molecule is CC(C)(C)OOc1ncnc(OOC(C)(C)C)c1[N+](=O)[O-]. The van der Waals surface area contributed by atoms with Crippen molar-refractivity contribution in [2.24, 2.45) is 0 Å². The van der Waals surface area contributed by atoms with Crippen molar-refractivity contribution in [2.45, 2.75) is 52.7 Å². The van der Waals surface area contributed by atoms with Crippen LogP contribution in [0.3, 0.4) is 0 Å². The van der Waals surface area contributed by atoms with Gasteiger partial charge < -0.3 is 9.78 Å². The maximum Gasteiger partial charge on any atom is 0.399 e. The summed E-state index contributed by atoms with van der Waals surface area (Å²) in [5.41, 5.74) is -1.91. The van der Waals surface area contributed by atoms with E-state index in [-0.39, 0.29) is 11.8 Å². The molecule has 1 rings (SSSR count). The highest BCUT2D eigenvalue weighted by Gasteiger charge is 2.30. The van der Waals surface area contributed by atoms with Gasteiger partial charge in [0, 0.05) is 0 Å². The molecule has 0 aromatic carbocycles. The van der Waals surface area contributed by atoms with E-state index in [1.807, 2.05) is 0 Å². The van der Waals surface area contributed by atoms with Crippen molar-refractivity contribution < 1.29 is 24.5 Å². The van der Waals surface area contributed by atoms with Crippen molar-refractivity contribution in [2.75, 3.05) is 0 Å². The Kier molecular flexibility index (Phi) is 5.02. The van der Waals surface area contributed by atoms with Gasteiger partial charge in [-0.25, -0.2) is 0 Å². The van der Waals surface area contributed by atoms with E-state index in [2.05, 4.69) is 9.97 Å². The number of rotatable bonds is 5. The van der Waals surface area contributed by atoms with Crippen LogP contribution in [0.15, 0.2) is 6.33 Å². The minimum Gasteiger partial charge on any atom is -0.308 e. The molecule has 0 N–H and O–H groups in total. The fraction of sp³-hybridized carbons (Fsp3) is 0.667. The Labute approximate surface area is 122 Å². The summed E-state index contributed by atoms with van der Waals surface area (Å²) in [7, 11) is 0. The van der Waals surface area contributed by atoms with E-state index in [4.69, 9.17) is 19.6 Å². The molecule has 1 heterocycles. The van der Waals surface area contributed by atoms with Gasteiger partial charge in [0.1, 0.15) is 17.5 Å². The maximum atomic E-state index is 11.1. The van der Waals surface area contributed by atoms with Gasteiger partial charge in [-0.1, -0.05) is 0 Å². The minimum absolute atomic E-state index is 0.363. The van der Waals surface area contributed by atoms with Gasteiger partial charge in [0.05, 0.1) is 4.92 Å². The van der Waals surface area contributed by atoms with Crippen LogP contribution in [0.1, 0.15) is 41.5 Å². The summed E-state index contributed by atoms with van der Waals surface area (Å²) in [6.45, 7) is 10.3. The van der Waals surface area contributed by atoms with E-state index in [0.29, 0.717) is 0 Å². The van der Waals surface area contributed by atoms with Crippen molar-refractivity contribution in [1.29, 1.82) is 0 Å². The third-order valence-corrected chi connectivity index (χ3v) is 1.68. The van der Waals surface area contributed by atoms with Crippen LogP contribution in [0.25, 0.3) is 0 Å². The lowest BCUT2D eigenvalue weighted by Gasteiger charge is -2.18. The molecular weight excluding hydrogens is 282 g/mol. The molecule has 0 fully saturated rings. The van der Waals surface area contributed by atoms with Crippen LogP contribution in [0.5, 0.6) is 11.8 Å². The summed E-state index contributed by atoms with van der Waals surface area (Å²) >= 11 is 0. The Balaban J connectivity index is 3.01. The Morgan fingerprint density at radius 1 is 0.952 bits per heavy atom. The van der Waals surface area contributed by atoms with Gasteiger partial charge >= 0.3 is 17.4 Å². The van der Waals surface area contributed by atoms with Crippen molar-refractivity contribution >= 4 is 5.69 Å². The first-order valence-electron chi connectivity index (χ1n) is 6.20. The summed E-state index contributed by atoms with van der Waals surface area (Å²) in [6, 6.07) is 0. The molecule has 1 aromatic rings. The summed E-state index contributed by atoms with van der Waals surface area (Å²) in [4.78, 5) is 37.6. The zero-order valence-electron chi connectivity index (χ0n) is 12.9. The van der Waals surface area contributed by atoms with Crippen molar-refractivity contribution in [3.8, 4) is 11.8 Å². The first kappa shape index (κ1) is 17.1. The zero-order valence-corrected chi connectivity index (χ0v) is 12.9. The van der Waals surface area contributed by atoms with E-state index >= 15 is 0 Å². The summed E-state index contributed by atoms with van der Waals surface area (Å²) in [5.74, 6) is -0.727. The highest BCUT2D eigenvalue weighted by molar-refractivity contribution is 5.48. The standard InChI is InChI=1S/C12H19N3O6/c1-11(2,3)20-18-9-8(15(16)17)10(14-7-13-9)19-21-12(4,5)6/h7H,1-6H3. The van der Waals surface area contributed by atoms with Crippen LogP contribution < -0.4 is 9.78 Å². The third-order valence-electron chi connectivity index (χ3n) is 1.68. The molecule has 0 amide bonds. The van der Waals surface area contributed by atoms with E-state index in [1.54, 1.807) is 41.5 Å². The lowest BCUT2D eigenvalue weighted by Crippen LogP contribution is -2.23. The number of aromatic nitrogens is 2. The van der Waals surface area contributed by atoms with Gasteiger partial charge in [0.2, 0.25) is 0 Å². The molecule has 0 atom stereocenters. The average Bonchev–Trinajstić information content (AvgIpc) is 2.31. The Bertz CT molecular complexity index is 470. The van der Waals surface area contributed by atoms with Crippen molar-refractivity contribution in [1.82, 2.24) is 9.97 Å². The number of hydrogen-bond acceptors (Lipinski definition) is 8. The van der Waals surface area contributed by atoms with E-state index in [0.717, 1.165) is 6.33 Å². The second kappa shape index (κ2) is 6.19. The quantitative estimate of drug-likeness (QED) is 0.464. The lowest BCUT2D eigenvalue weighted by atomic mass is 10.2. The molecule has 9 nitrogen and oxygen atoms in total. The van der Waals surface area contributed by atoms with Crippen molar-refractivity contribution in [3.05, 3.63) is 16.4 Å². The molecular formula is C12H19N3O6. The van der Waals surface area contributed by atoms with Crippen LogP contribution in [-0.2, 0) is 9.78 Å². The normalized spacial score (nSPS) is 12.1. The maximum absolute atomic E-state index is 11.1.